The molecule has 5 rings (SSSR count). The smallest absolute Gasteiger partial charge is 0.187 e. The molecule has 0 amide bonds. The highest BCUT2D eigenvalue weighted by atomic mass is 32.1. The lowest BCUT2D eigenvalue weighted by atomic mass is 9.39. The molecule has 38 heavy (non-hydrogen) atoms. The number of hydrazone groups is 1. The molecule has 4 heteroatoms. The van der Waals surface area contributed by atoms with Gasteiger partial charge in [-0.3, -0.25) is 5.43 Å². The van der Waals surface area contributed by atoms with E-state index in [1.54, 1.807) is 0 Å². The Labute approximate surface area is 240 Å². The summed E-state index contributed by atoms with van der Waals surface area (Å²) < 4.78 is 0. The Morgan fingerprint density at radius 3 is 2.29 bits per heavy atom. The molecule has 5 aliphatic rings. The van der Waals surface area contributed by atoms with Crippen molar-refractivity contribution >= 4 is 23.0 Å². The molecule has 2 N–H and O–H groups in total. The topological polar surface area (TPSA) is 36.4 Å². The van der Waals surface area contributed by atoms with Crippen LogP contribution in [0.25, 0.3) is 0 Å². The van der Waals surface area contributed by atoms with Gasteiger partial charge < -0.3 is 5.32 Å². The average molecular weight is 542 g/mol. The Bertz CT molecular complexity index is 877. The van der Waals surface area contributed by atoms with E-state index in [1.165, 1.54) is 108 Å². The largest absolute Gasteiger partial charge is 0.359 e. The molecule has 5 fully saturated rings. The van der Waals surface area contributed by atoms with Crippen LogP contribution in [0.2, 0.25) is 0 Å². The predicted molar refractivity (Wildman–Crippen MR) is 166 cm³/mol. The molecule has 216 valence electrons. The van der Waals surface area contributed by atoms with Gasteiger partial charge in [0, 0.05) is 17.7 Å². The van der Waals surface area contributed by atoms with Crippen molar-refractivity contribution in [1.29, 1.82) is 0 Å². The lowest BCUT2D eigenvalue weighted by molar-refractivity contribution is -0.134. The van der Waals surface area contributed by atoms with Gasteiger partial charge in [-0.15, -0.1) is 0 Å². The first-order valence-corrected chi connectivity index (χ1v) is 17.1. The van der Waals surface area contributed by atoms with Crippen LogP contribution >= 0.6 is 12.2 Å². The molecule has 0 spiro atoms. The van der Waals surface area contributed by atoms with Gasteiger partial charge in [0.25, 0.3) is 0 Å². The van der Waals surface area contributed by atoms with Gasteiger partial charge >= 0.3 is 0 Å². The number of thiocarbonyl (C=S) groups is 1. The van der Waals surface area contributed by atoms with Gasteiger partial charge in [0.05, 0.1) is 0 Å². The van der Waals surface area contributed by atoms with Crippen LogP contribution in [0.5, 0.6) is 0 Å². The number of hydrogen-bond donors (Lipinski definition) is 2. The zero-order chi connectivity index (χ0) is 27.1. The van der Waals surface area contributed by atoms with E-state index < -0.39 is 0 Å². The minimum atomic E-state index is 0.364. The van der Waals surface area contributed by atoms with Crippen molar-refractivity contribution in [2.24, 2.45) is 56.9 Å². The van der Waals surface area contributed by atoms with E-state index in [9.17, 15) is 0 Å². The van der Waals surface area contributed by atoms with Crippen molar-refractivity contribution in [2.75, 3.05) is 0 Å². The third-order valence-electron chi connectivity index (χ3n) is 13.1. The van der Waals surface area contributed by atoms with Crippen molar-refractivity contribution < 1.29 is 0 Å². The van der Waals surface area contributed by atoms with Crippen molar-refractivity contribution in [3.63, 3.8) is 0 Å². The SMILES string of the molecule is CC(C)CCC[C@@H](C)[C@H]1CC[C@H]2[C@]3(C)C/C(=N/NC(=S)NC4CCCC4)[C@H]4CCCC[C@]4(C)[C@H]3CC[C@@]21C. The van der Waals surface area contributed by atoms with Gasteiger partial charge in [-0.1, -0.05) is 86.5 Å². The van der Waals surface area contributed by atoms with E-state index in [0.29, 0.717) is 28.2 Å². The quantitative estimate of drug-likeness (QED) is 0.249. The van der Waals surface area contributed by atoms with Gasteiger partial charge in [-0.2, -0.15) is 5.10 Å². The summed E-state index contributed by atoms with van der Waals surface area (Å²) in [6.07, 6.45) is 21.8. The van der Waals surface area contributed by atoms with Crippen LogP contribution < -0.4 is 10.7 Å². The standard InChI is InChI=1S/C34H59N3S/c1-23(2)12-11-13-24(3)26-17-18-29-33(26,5)21-19-30-32(4)20-10-9-16-27(32)28(22-34(29,30)6)36-37-31(38)35-25-14-7-8-15-25/h23-27,29-30H,7-22H2,1-6H3,(H2,35,37,38)/b36-28-/t24-,26-,27-,29-,30-,32+,33-,34+/m1/s1. The molecule has 0 radical (unpaired) electrons. The summed E-state index contributed by atoms with van der Waals surface area (Å²) in [5, 5.41) is 9.51. The predicted octanol–water partition coefficient (Wildman–Crippen LogP) is 9.26. The number of hydrogen-bond acceptors (Lipinski definition) is 2. The van der Waals surface area contributed by atoms with E-state index in [2.05, 4.69) is 52.3 Å². The number of rotatable bonds is 7. The molecular weight excluding hydrogens is 482 g/mol. The molecule has 0 aromatic rings. The lowest BCUT2D eigenvalue weighted by Crippen LogP contribution is -2.61. The van der Waals surface area contributed by atoms with Gasteiger partial charge in [-0.25, -0.2) is 0 Å². The van der Waals surface area contributed by atoms with Crippen LogP contribution in [0.15, 0.2) is 5.10 Å². The Kier molecular flexibility index (Phi) is 8.60. The Hall–Kier alpha value is -0.640. The highest BCUT2D eigenvalue weighted by Gasteiger charge is 2.66. The van der Waals surface area contributed by atoms with Gasteiger partial charge in [0.1, 0.15) is 0 Å². The highest BCUT2D eigenvalue weighted by molar-refractivity contribution is 7.80. The second-order valence-corrected chi connectivity index (χ2v) is 16.2. The molecule has 8 atom stereocenters. The maximum absolute atomic E-state index is 5.73. The van der Waals surface area contributed by atoms with Crippen LogP contribution in [0.3, 0.4) is 0 Å². The molecule has 0 aromatic heterocycles. The Morgan fingerprint density at radius 1 is 0.842 bits per heavy atom. The van der Waals surface area contributed by atoms with Gasteiger partial charge in [0.15, 0.2) is 5.11 Å². The maximum atomic E-state index is 5.73. The van der Waals surface area contributed by atoms with E-state index in [-0.39, 0.29) is 0 Å². The molecule has 0 saturated heterocycles. The molecule has 5 aliphatic carbocycles. The molecule has 0 aromatic carbocycles. The zero-order valence-electron chi connectivity index (χ0n) is 25.7. The molecular formula is C34H59N3S. The van der Waals surface area contributed by atoms with Crippen molar-refractivity contribution in [3.8, 4) is 0 Å². The first-order valence-electron chi connectivity index (χ1n) is 16.7. The zero-order valence-corrected chi connectivity index (χ0v) is 26.5. The summed E-state index contributed by atoms with van der Waals surface area (Å²) in [5.74, 6) is 4.90. The van der Waals surface area contributed by atoms with Crippen LogP contribution in [0, 0.1) is 51.8 Å². The summed E-state index contributed by atoms with van der Waals surface area (Å²) >= 11 is 5.73. The number of nitrogens with one attached hydrogen (secondary N) is 2. The molecule has 0 bridgehead atoms. The van der Waals surface area contributed by atoms with Crippen molar-refractivity contribution in [3.05, 3.63) is 0 Å². The first kappa shape index (κ1) is 28.9. The fourth-order valence-corrected chi connectivity index (χ4v) is 11.6. The Balaban J connectivity index is 1.37. The van der Waals surface area contributed by atoms with Crippen LogP contribution in [-0.4, -0.2) is 16.9 Å². The summed E-state index contributed by atoms with van der Waals surface area (Å²) in [6, 6.07) is 0.542. The fourth-order valence-electron chi connectivity index (χ4n) is 11.4. The number of nitrogens with zero attached hydrogens (tertiary/aromatic N) is 1. The third kappa shape index (κ3) is 5.23. The fraction of sp³-hybridized carbons (Fsp3) is 0.941. The van der Waals surface area contributed by atoms with E-state index in [0.717, 1.165) is 34.7 Å². The molecule has 3 nitrogen and oxygen atoms in total. The van der Waals surface area contributed by atoms with E-state index in [1.807, 2.05) is 0 Å². The normalized spacial score (nSPS) is 43.0. The van der Waals surface area contributed by atoms with Crippen LogP contribution in [-0.2, 0) is 0 Å². The summed E-state index contributed by atoms with van der Waals surface area (Å²) in [7, 11) is 0. The summed E-state index contributed by atoms with van der Waals surface area (Å²) in [6.45, 7) is 15.5. The average Bonchev–Trinajstić information content (AvgIpc) is 3.49. The minimum absolute atomic E-state index is 0.364. The summed E-state index contributed by atoms with van der Waals surface area (Å²) in [5.41, 5.74) is 6.10. The molecule has 0 unspecified atom stereocenters. The molecule has 5 saturated carbocycles. The second kappa shape index (κ2) is 11.3. The third-order valence-corrected chi connectivity index (χ3v) is 13.3. The monoisotopic (exact) mass is 541 g/mol. The summed E-state index contributed by atoms with van der Waals surface area (Å²) in [4.78, 5) is 0. The van der Waals surface area contributed by atoms with Crippen LogP contribution in [0.1, 0.15) is 144 Å². The Morgan fingerprint density at radius 2 is 1.55 bits per heavy atom. The van der Waals surface area contributed by atoms with E-state index >= 15 is 0 Å². The molecule has 0 heterocycles. The maximum Gasteiger partial charge on any atom is 0.187 e. The minimum Gasteiger partial charge on any atom is -0.359 e. The first-order chi connectivity index (χ1) is 18.1. The van der Waals surface area contributed by atoms with Gasteiger partial charge in [-0.05, 0) is 116 Å². The molecule has 0 aliphatic heterocycles. The highest BCUT2D eigenvalue weighted by Crippen LogP contribution is 2.72. The van der Waals surface area contributed by atoms with Crippen molar-refractivity contribution in [1.82, 2.24) is 10.7 Å². The number of fused-ring (bicyclic) bond motifs is 5. The van der Waals surface area contributed by atoms with Crippen molar-refractivity contribution in [2.45, 2.75) is 150 Å². The lowest BCUT2D eigenvalue weighted by Gasteiger charge is -2.65. The van der Waals surface area contributed by atoms with Crippen LogP contribution in [0.4, 0.5) is 0 Å². The van der Waals surface area contributed by atoms with E-state index in [4.69, 9.17) is 17.3 Å². The van der Waals surface area contributed by atoms with Gasteiger partial charge in [0.2, 0.25) is 0 Å². The second-order valence-electron chi connectivity index (χ2n) is 15.8.